The number of nitrogens with one attached hydrogen (secondary N) is 2. The second-order valence-electron chi connectivity index (χ2n) is 11.9. The molecule has 4 unspecified atom stereocenters. The van der Waals surface area contributed by atoms with Crippen molar-refractivity contribution in [1.29, 1.82) is 0 Å². The van der Waals surface area contributed by atoms with E-state index >= 15 is 0 Å². The van der Waals surface area contributed by atoms with Gasteiger partial charge in [-0.1, -0.05) is 37.8 Å². The number of H-pyrrole nitrogens is 2. The van der Waals surface area contributed by atoms with Gasteiger partial charge >= 0.3 is 5.69 Å². The third-order valence-electron chi connectivity index (χ3n) is 9.76. The van der Waals surface area contributed by atoms with Gasteiger partial charge in [0.15, 0.2) is 0 Å². The molecule has 0 radical (unpaired) electrons. The molecule has 4 bridgehead atoms. The lowest BCUT2D eigenvalue weighted by Gasteiger charge is -2.55. The van der Waals surface area contributed by atoms with Crippen molar-refractivity contribution in [2.24, 2.45) is 11.8 Å². The summed E-state index contributed by atoms with van der Waals surface area (Å²) in [5, 5.41) is 0. The van der Waals surface area contributed by atoms with Crippen molar-refractivity contribution >= 4 is 11.0 Å². The van der Waals surface area contributed by atoms with Crippen LogP contribution in [0.1, 0.15) is 76.7 Å². The first-order chi connectivity index (χ1) is 18.0. The van der Waals surface area contributed by atoms with Gasteiger partial charge < -0.3 is 9.55 Å². The smallest absolute Gasteiger partial charge is 0.313 e. The van der Waals surface area contributed by atoms with Crippen LogP contribution in [0.25, 0.3) is 22.3 Å². The highest BCUT2D eigenvalue weighted by Gasteiger charge is 2.45. The molecule has 0 spiro atoms. The monoisotopic (exact) mass is 501 g/mol. The molecular weight excluding hydrogens is 466 g/mol. The average molecular weight is 502 g/mol. The van der Waals surface area contributed by atoms with Gasteiger partial charge in [-0.3, -0.25) is 19.5 Å². The molecule has 4 aliphatic rings. The molecule has 1 aromatic carbocycles. The lowest BCUT2D eigenvalue weighted by molar-refractivity contribution is -0.0485. The molecule has 7 rings (SSSR count). The zero-order chi connectivity index (χ0) is 25.1. The van der Waals surface area contributed by atoms with Gasteiger partial charge in [0, 0.05) is 30.4 Å². The van der Waals surface area contributed by atoms with E-state index in [2.05, 4.69) is 19.9 Å². The zero-order valence-electron chi connectivity index (χ0n) is 21.2. The SMILES string of the molecule is O=c1[nH]cc(-c2nc3ccccc3n(C3CC4CCCC(C3)N4C3CC4CCCC(C4)C3)c2=O)c(=O)[nH]1. The maximum atomic E-state index is 14.0. The van der Waals surface area contributed by atoms with Crippen LogP contribution in [-0.4, -0.2) is 42.5 Å². The normalized spacial score (nSPS) is 31.9. The van der Waals surface area contributed by atoms with E-state index in [4.69, 9.17) is 0 Å². The summed E-state index contributed by atoms with van der Waals surface area (Å²) in [6, 6.07) is 9.48. The van der Waals surface area contributed by atoms with E-state index in [1.807, 2.05) is 28.8 Å². The third kappa shape index (κ3) is 4.00. The number of benzene rings is 1. The molecule has 2 aromatic heterocycles. The van der Waals surface area contributed by atoms with Gasteiger partial charge in [0.05, 0.1) is 16.6 Å². The largest absolute Gasteiger partial charge is 0.325 e. The molecule has 0 amide bonds. The van der Waals surface area contributed by atoms with Crippen LogP contribution in [-0.2, 0) is 0 Å². The highest BCUT2D eigenvalue weighted by atomic mass is 16.2. The van der Waals surface area contributed by atoms with Crippen molar-refractivity contribution in [3.8, 4) is 11.3 Å². The lowest BCUT2D eigenvalue weighted by atomic mass is 9.68. The first-order valence-corrected chi connectivity index (χ1v) is 14.2. The molecule has 2 saturated heterocycles. The van der Waals surface area contributed by atoms with Crippen molar-refractivity contribution in [2.45, 2.75) is 94.8 Å². The van der Waals surface area contributed by atoms with Crippen molar-refractivity contribution < 1.29 is 0 Å². The summed E-state index contributed by atoms with van der Waals surface area (Å²) in [7, 11) is 0. The molecule has 3 aromatic rings. The first kappa shape index (κ1) is 23.1. The molecule has 4 fully saturated rings. The number of piperidine rings is 2. The predicted molar refractivity (Wildman–Crippen MR) is 143 cm³/mol. The second-order valence-corrected chi connectivity index (χ2v) is 11.9. The molecule has 37 heavy (non-hydrogen) atoms. The quantitative estimate of drug-likeness (QED) is 0.565. The molecule has 4 heterocycles. The minimum atomic E-state index is -0.595. The maximum absolute atomic E-state index is 14.0. The fraction of sp³-hybridized carbons (Fsp3) is 0.586. The van der Waals surface area contributed by atoms with Crippen LogP contribution in [0, 0.1) is 11.8 Å². The number of hydrogen-bond acceptors (Lipinski definition) is 5. The molecule has 194 valence electrons. The van der Waals surface area contributed by atoms with E-state index < -0.39 is 11.2 Å². The standard InChI is InChI=1S/C29H35N5O3/c35-27-23(16-30-29(37)32-27)26-28(36)34(25-10-2-1-9-24(25)31-26)22-14-19-7-4-8-20(15-22)33(19)21-12-17-5-3-6-18(11-17)13-21/h1-2,9-10,16-22H,3-8,11-15H2,(H2,30,32,35,37). The minimum absolute atomic E-state index is 0.0654. The summed E-state index contributed by atoms with van der Waals surface area (Å²) < 4.78 is 1.92. The summed E-state index contributed by atoms with van der Waals surface area (Å²) in [5.74, 6) is 1.81. The van der Waals surface area contributed by atoms with E-state index in [1.54, 1.807) is 0 Å². The van der Waals surface area contributed by atoms with Gasteiger partial charge in [-0.05, 0) is 68.9 Å². The van der Waals surface area contributed by atoms with E-state index in [0.29, 0.717) is 23.6 Å². The van der Waals surface area contributed by atoms with Crippen molar-refractivity contribution in [3.05, 3.63) is 61.7 Å². The van der Waals surface area contributed by atoms with Gasteiger partial charge in [-0.25, -0.2) is 9.78 Å². The molecule has 2 saturated carbocycles. The van der Waals surface area contributed by atoms with Gasteiger partial charge in [-0.15, -0.1) is 0 Å². The topological polar surface area (TPSA) is 104 Å². The van der Waals surface area contributed by atoms with E-state index in [-0.39, 0.29) is 22.9 Å². The Labute approximate surface area is 215 Å². The molecule has 2 aliphatic heterocycles. The predicted octanol–water partition coefficient (Wildman–Crippen LogP) is 3.97. The number of rotatable bonds is 3. The third-order valence-corrected chi connectivity index (χ3v) is 9.76. The minimum Gasteiger partial charge on any atom is -0.313 e. The fourth-order valence-corrected chi connectivity index (χ4v) is 8.41. The van der Waals surface area contributed by atoms with Crippen molar-refractivity contribution in [3.63, 3.8) is 0 Å². The number of aromatic nitrogens is 4. The Balaban J connectivity index is 1.28. The highest BCUT2D eigenvalue weighted by Crippen LogP contribution is 2.47. The summed E-state index contributed by atoms with van der Waals surface area (Å²) in [5.41, 5.74) is 0.280. The van der Waals surface area contributed by atoms with Crippen LogP contribution in [0.4, 0.5) is 0 Å². The Hall–Kier alpha value is -3.00. The second kappa shape index (κ2) is 9.08. The van der Waals surface area contributed by atoms with E-state index in [0.717, 1.165) is 30.2 Å². The summed E-state index contributed by atoms with van der Waals surface area (Å²) in [6.07, 6.45) is 15.2. The van der Waals surface area contributed by atoms with Crippen LogP contribution >= 0.6 is 0 Å². The van der Waals surface area contributed by atoms with Crippen molar-refractivity contribution in [1.82, 2.24) is 24.4 Å². The van der Waals surface area contributed by atoms with E-state index in [9.17, 15) is 14.4 Å². The Kier molecular flexibility index (Phi) is 5.68. The molecular formula is C29H35N5O3. The molecule has 2 N–H and O–H groups in total. The van der Waals surface area contributed by atoms with E-state index in [1.165, 1.54) is 64.0 Å². The number of fused-ring (bicyclic) bond motifs is 5. The van der Waals surface area contributed by atoms with Crippen LogP contribution in [0.2, 0.25) is 0 Å². The molecule has 8 nitrogen and oxygen atoms in total. The Morgan fingerprint density at radius 1 is 0.784 bits per heavy atom. The molecule has 8 heteroatoms. The summed E-state index contributed by atoms with van der Waals surface area (Å²) in [4.78, 5) is 50.4. The number of nitrogens with zero attached hydrogens (tertiary/aromatic N) is 3. The molecule has 2 aliphatic carbocycles. The first-order valence-electron chi connectivity index (χ1n) is 14.2. The Morgan fingerprint density at radius 2 is 1.49 bits per heavy atom. The highest BCUT2D eigenvalue weighted by molar-refractivity contribution is 5.77. The van der Waals surface area contributed by atoms with Crippen LogP contribution in [0.15, 0.2) is 44.8 Å². The Morgan fingerprint density at radius 3 is 2.22 bits per heavy atom. The average Bonchev–Trinajstić information content (AvgIpc) is 2.88. The van der Waals surface area contributed by atoms with Crippen LogP contribution in [0.3, 0.4) is 0 Å². The fourth-order valence-electron chi connectivity index (χ4n) is 8.41. The molecule has 4 atom stereocenters. The zero-order valence-corrected chi connectivity index (χ0v) is 21.2. The number of aromatic amines is 2. The van der Waals surface area contributed by atoms with Gasteiger partial charge in [0.25, 0.3) is 11.1 Å². The lowest BCUT2D eigenvalue weighted by Crippen LogP contribution is -2.58. The Bertz CT molecular complexity index is 1480. The van der Waals surface area contributed by atoms with Gasteiger partial charge in [0.2, 0.25) is 0 Å². The van der Waals surface area contributed by atoms with Crippen molar-refractivity contribution in [2.75, 3.05) is 0 Å². The van der Waals surface area contributed by atoms with Gasteiger partial charge in [-0.2, -0.15) is 0 Å². The summed E-state index contributed by atoms with van der Waals surface area (Å²) >= 11 is 0. The number of hydrogen-bond donors (Lipinski definition) is 2. The maximum Gasteiger partial charge on any atom is 0.325 e. The van der Waals surface area contributed by atoms with Gasteiger partial charge in [0.1, 0.15) is 5.69 Å². The summed E-state index contributed by atoms with van der Waals surface area (Å²) in [6.45, 7) is 0. The van der Waals surface area contributed by atoms with Crippen LogP contribution in [0.5, 0.6) is 0 Å². The number of para-hydroxylation sites is 2. The van der Waals surface area contributed by atoms with Crippen LogP contribution < -0.4 is 16.8 Å².